The van der Waals surface area contributed by atoms with Crippen LogP contribution in [0.2, 0.25) is 0 Å². The van der Waals surface area contributed by atoms with Crippen LogP contribution in [0.25, 0.3) is 22.4 Å². The van der Waals surface area contributed by atoms with Gasteiger partial charge in [0.15, 0.2) is 11.5 Å². The van der Waals surface area contributed by atoms with Crippen molar-refractivity contribution < 1.29 is 31.9 Å². The SMILES string of the molecule is CCOc1ccccc1NC(=O)c1nc(-c2ccc(OC)c3nc(C(F)(F)F)ccc23)oc1[C@H](C)N. The zero-order valence-corrected chi connectivity index (χ0v) is 19.6. The summed E-state index contributed by atoms with van der Waals surface area (Å²) in [6, 6.07) is 11.4. The molecule has 0 spiro atoms. The van der Waals surface area contributed by atoms with E-state index in [-0.39, 0.29) is 28.6 Å². The van der Waals surface area contributed by atoms with E-state index in [9.17, 15) is 18.0 Å². The number of benzene rings is 2. The second-order valence-corrected chi connectivity index (χ2v) is 7.81. The fourth-order valence-electron chi connectivity index (χ4n) is 3.65. The number of carbonyl (C=O) groups is 1. The number of alkyl halides is 3. The zero-order chi connectivity index (χ0) is 26.0. The minimum atomic E-state index is -4.64. The van der Waals surface area contributed by atoms with Gasteiger partial charge in [0.2, 0.25) is 5.89 Å². The molecule has 1 atom stereocenters. The van der Waals surface area contributed by atoms with E-state index in [1.807, 2.05) is 6.92 Å². The molecule has 0 saturated carbocycles. The number of methoxy groups -OCH3 is 1. The van der Waals surface area contributed by atoms with E-state index in [0.29, 0.717) is 29.0 Å². The Morgan fingerprint density at radius 1 is 1.11 bits per heavy atom. The van der Waals surface area contributed by atoms with Gasteiger partial charge in [-0.3, -0.25) is 4.79 Å². The second-order valence-electron chi connectivity index (χ2n) is 7.81. The summed E-state index contributed by atoms with van der Waals surface area (Å²) < 4.78 is 56.4. The van der Waals surface area contributed by atoms with Crippen LogP contribution in [0.4, 0.5) is 18.9 Å². The Kier molecular flexibility index (Phi) is 6.84. The van der Waals surface area contributed by atoms with Gasteiger partial charge in [-0.2, -0.15) is 13.2 Å². The zero-order valence-electron chi connectivity index (χ0n) is 19.6. The number of hydrogen-bond acceptors (Lipinski definition) is 7. The molecule has 2 aromatic carbocycles. The Bertz CT molecular complexity index is 1420. The van der Waals surface area contributed by atoms with Crippen molar-refractivity contribution in [2.75, 3.05) is 19.0 Å². The predicted molar refractivity (Wildman–Crippen MR) is 127 cm³/mol. The Morgan fingerprint density at radius 2 is 1.86 bits per heavy atom. The van der Waals surface area contributed by atoms with E-state index in [4.69, 9.17) is 19.6 Å². The van der Waals surface area contributed by atoms with Crippen molar-refractivity contribution in [3.63, 3.8) is 0 Å². The minimum Gasteiger partial charge on any atom is -0.494 e. The molecule has 188 valence electrons. The molecule has 0 saturated heterocycles. The largest absolute Gasteiger partial charge is 0.494 e. The first kappa shape index (κ1) is 25.0. The van der Waals surface area contributed by atoms with Gasteiger partial charge < -0.3 is 24.9 Å². The summed E-state index contributed by atoms with van der Waals surface area (Å²) in [7, 11) is 1.33. The molecule has 0 bridgehead atoms. The van der Waals surface area contributed by atoms with Gasteiger partial charge in [-0.05, 0) is 50.2 Å². The second kappa shape index (κ2) is 9.86. The highest BCUT2D eigenvalue weighted by Crippen LogP contribution is 2.37. The van der Waals surface area contributed by atoms with Crippen molar-refractivity contribution in [1.82, 2.24) is 9.97 Å². The molecule has 3 N–H and O–H groups in total. The third-order valence-electron chi connectivity index (χ3n) is 5.28. The van der Waals surface area contributed by atoms with Crippen LogP contribution in [-0.4, -0.2) is 29.6 Å². The van der Waals surface area contributed by atoms with Crippen LogP contribution >= 0.6 is 0 Å². The van der Waals surface area contributed by atoms with Crippen molar-refractivity contribution in [3.8, 4) is 23.0 Å². The molecule has 4 aromatic rings. The highest BCUT2D eigenvalue weighted by Gasteiger charge is 2.33. The van der Waals surface area contributed by atoms with Crippen molar-refractivity contribution in [2.45, 2.75) is 26.1 Å². The number of rotatable bonds is 7. The summed E-state index contributed by atoms with van der Waals surface area (Å²) in [4.78, 5) is 21.3. The standard InChI is InChI=1S/C25H23F3N4O4/c1-4-35-17-8-6-5-7-16(17)30-23(33)21-22(13(2)29)36-24(32-21)15-9-11-18(34-3)20-14(15)10-12-19(31-20)25(26,27)28/h5-13H,4,29H2,1-3H3,(H,30,33)/t13-/m0/s1. The number of fused-ring (bicyclic) bond motifs is 1. The first-order valence-electron chi connectivity index (χ1n) is 11.0. The molecule has 2 heterocycles. The van der Waals surface area contributed by atoms with Gasteiger partial charge in [-0.15, -0.1) is 0 Å². The van der Waals surface area contributed by atoms with Crippen LogP contribution in [0.3, 0.4) is 0 Å². The third kappa shape index (κ3) is 4.82. The number of nitrogens with one attached hydrogen (secondary N) is 1. The lowest BCUT2D eigenvalue weighted by Crippen LogP contribution is -2.17. The molecule has 0 aliphatic carbocycles. The molecule has 36 heavy (non-hydrogen) atoms. The Hall–Kier alpha value is -4.12. The molecule has 0 radical (unpaired) electrons. The molecule has 0 aliphatic rings. The summed E-state index contributed by atoms with van der Waals surface area (Å²) in [6.07, 6.45) is -4.64. The van der Waals surface area contributed by atoms with Gasteiger partial charge in [-0.25, -0.2) is 9.97 Å². The number of nitrogens with zero attached hydrogens (tertiary/aromatic N) is 2. The molecular weight excluding hydrogens is 477 g/mol. The number of ether oxygens (including phenoxy) is 2. The first-order chi connectivity index (χ1) is 17.1. The van der Waals surface area contributed by atoms with Gasteiger partial charge in [0.1, 0.15) is 22.7 Å². The van der Waals surface area contributed by atoms with E-state index in [2.05, 4.69) is 15.3 Å². The van der Waals surface area contributed by atoms with Crippen molar-refractivity contribution in [2.24, 2.45) is 5.73 Å². The lowest BCUT2D eigenvalue weighted by molar-refractivity contribution is -0.140. The maximum atomic E-state index is 13.3. The number of para-hydroxylation sites is 2. The number of nitrogens with two attached hydrogens (primary N) is 1. The molecule has 2 aromatic heterocycles. The molecule has 11 heteroatoms. The van der Waals surface area contributed by atoms with Gasteiger partial charge in [0.25, 0.3) is 5.91 Å². The molecular formula is C25H23F3N4O4. The lowest BCUT2D eigenvalue weighted by Gasteiger charge is -2.11. The van der Waals surface area contributed by atoms with Crippen molar-refractivity contribution in [1.29, 1.82) is 0 Å². The van der Waals surface area contributed by atoms with Crippen LogP contribution in [0.1, 0.15) is 41.8 Å². The number of aromatic nitrogens is 2. The number of oxazole rings is 1. The predicted octanol–water partition coefficient (Wildman–Crippen LogP) is 5.59. The van der Waals surface area contributed by atoms with Crippen LogP contribution in [0.15, 0.2) is 52.9 Å². The maximum absolute atomic E-state index is 13.3. The molecule has 0 unspecified atom stereocenters. The smallest absolute Gasteiger partial charge is 0.433 e. The number of anilines is 1. The topological polar surface area (TPSA) is 112 Å². The van der Waals surface area contributed by atoms with Gasteiger partial charge in [0, 0.05) is 10.9 Å². The molecule has 4 rings (SSSR count). The first-order valence-corrected chi connectivity index (χ1v) is 11.0. The van der Waals surface area contributed by atoms with Gasteiger partial charge in [0.05, 0.1) is 25.4 Å². The third-order valence-corrected chi connectivity index (χ3v) is 5.28. The van der Waals surface area contributed by atoms with E-state index < -0.39 is 23.8 Å². The fourth-order valence-corrected chi connectivity index (χ4v) is 3.65. The molecule has 8 nitrogen and oxygen atoms in total. The fraction of sp³-hybridized carbons (Fsp3) is 0.240. The maximum Gasteiger partial charge on any atom is 0.433 e. The number of carbonyl (C=O) groups excluding carboxylic acids is 1. The van der Waals surface area contributed by atoms with Gasteiger partial charge >= 0.3 is 6.18 Å². The number of amides is 1. The average molecular weight is 500 g/mol. The number of hydrogen-bond donors (Lipinski definition) is 2. The average Bonchev–Trinajstić information content (AvgIpc) is 3.29. The minimum absolute atomic E-state index is 0.000227. The van der Waals surface area contributed by atoms with E-state index in [1.165, 1.54) is 19.2 Å². The summed E-state index contributed by atoms with van der Waals surface area (Å²) in [5, 5.41) is 3.05. The Balaban J connectivity index is 1.80. The van der Waals surface area contributed by atoms with E-state index in [0.717, 1.165) is 6.07 Å². The van der Waals surface area contributed by atoms with E-state index >= 15 is 0 Å². The van der Waals surface area contributed by atoms with Crippen LogP contribution in [-0.2, 0) is 6.18 Å². The van der Waals surface area contributed by atoms with Gasteiger partial charge in [-0.1, -0.05) is 12.1 Å². The van der Waals surface area contributed by atoms with E-state index in [1.54, 1.807) is 37.3 Å². The van der Waals surface area contributed by atoms with Crippen molar-refractivity contribution in [3.05, 3.63) is 65.7 Å². The summed E-state index contributed by atoms with van der Waals surface area (Å²) in [5.74, 6) is 0.149. The number of halogens is 3. The molecule has 1 amide bonds. The van der Waals surface area contributed by atoms with Crippen LogP contribution < -0.4 is 20.5 Å². The number of pyridine rings is 1. The van der Waals surface area contributed by atoms with Crippen molar-refractivity contribution >= 4 is 22.5 Å². The highest BCUT2D eigenvalue weighted by atomic mass is 19.4. The Labute approximate surface area is 204 Å². The molecule has 0 aliphatic heterocycles. The van der Waals surface area contributed by atoms with Crippen LogP contribution in [0.5, 0.6) is 11.5 Å². The normalized spacial score (nSPS) is 12.4. The summed E-state index contributed by atoms with van der Waals surface area (Å²) in [6.45, 7) is 3.85. The quantitative estimate of drug-likeness (QED) is 0.340. The lowest BCUT2D eigenvalue weighted by atomic mass is 10.1. The summed E-state index contributed by atoms with van der Waals surface area (Å²) in [5.41, 5.74) is 5.65. The summed E-state index contributed by atoms with van der Waals surface area (Å²) >= 11 is 0. The monoisotopic (exact) mass is 500 g/mol. The molecule has 0 fully saturated rings. The highest BCUT2D eigenvalue weighted by molar-refractivity contribution is 6.05. The van der Waals surface area contributed by atoms with Crippen LogP contribution in [0, 0.1) is 0 Å². The Morgan fingerprint density at radius 3 is 2.53 bits per heavy atom.